The Morgan fingerprint density at radius 1 is 1.53 bits per heavy atom. The van der Waals surface area contributed by atoms with Gasteiger partial charge in [-0.15, -0.1) is 0 Å². The number of hydrogen-bond acceptors (Lipinski definition) is 3. The average Bonchev–Trinajstić information content (AvgIpc) is 2.39. The summed E-state index contributed by atoms with van der Waals surface area (Å²) < 4.78 is 5.43. The Morgan fingerprint density at radius 2 is 2.37 bits per heavy atom. The van der Waals surface area contributed by atoms with Crippen LogP contribution >= 0.6 is 0 Å². The molecule has 1 aliphatic heterocycles. The van der Waals surface area contributed by atoms with E-state index in [1.165, 1.54) is 0 Å². The van der Waals surface area contributed by atoms with E-state index in [4.69, 9.17) is 4.74 Å². The van der Waals surface area contributed by atoms with Gasteiger partial charge in [0, 0.05) is 18.3 Å². The van der Waals surface area contributed by atoms with Crippen LogP contribution in [-0.2, 0) is 4.79 Å². The Hall–Kier alpha value is -1.55. The molecule has 4 nitrogen and oxygen atoms in total. The molecule has 4 heteroatoms. The molecule has 0 aromatic heterocycles. The van der Waals surface area contributed by atoms with Crippen molar-refractivity contribution in [2.75, 3.05) is 32.1 Å². The summed E-state index contributed by atoms with van der Waals surface area (Å²) in [4.78, 5) is 14.4. The van der Waals surface area contributed by atoms with Crippen LogP contribution in [0, 0.1) is 5.92 Å². The van der Waals surface area contributed by atoms with Gasteiger partial charge in [0.15, 0.2) is 0 Å². The van der Waals surface area contributed by atoms with Crippen molar-refractivity contribution in [1.82, 2.24) is 4.90 Å². The summed E-state index contributed by atoms with van der Waals surface area (Å²) in [5.41, 5.74) is 0.809. The maximum atomic E-state index is 12.2. The fourth-order valence-corrected chi connectivity index (χ4v) is 2.46. The van der Waals surface area contributed by atoms with E-state index < -0.39 is 0 Å². The predicted molar refractivity (Wildman–Crippen MR) is 76.5 cm³/mol. The van der Waals surface area contributed by atoms with Crippen LogP contribution in [0.15, 0.2) is 24.3 Å². The lowest BCUT2D eigenvalue weighted by atomic mass is 9.97. The van der Waals surface area contributed by atoms with Crippen molar-refractivity contribution in [1.29, 1.82) is 0 Å². The van der Waals surface area contributed by atoms with Crippen LogP contribution in [0.5, 0.6) is 5.75 Å². The second-order valence-corrected chi connectivity index (χ2v) is 5.05. The molecule has 1 saturated heterocycles. The monoisotopic (exact) mass is 262 g/mol. The van der Waals surface area contributed by atoms with E-state index in [9.17, 15) is 4.79 Å². The number of amides is 1. The molecule has 0 spiro atoms. The summed E-state index contributed by atoms with van der Waals surface area (Å²) in [6, 6.07) is 7.56. The minimum atomic E-state index is 0.0921. The van der Waals surface area contributed by atoms with Gasteiger partial charge in [-0.25, -0.2) is 0 Å². The van der Waals surface area contributed by atoms with E-state index in [2.05, 4.69) is 17.3 Å². The maximum absolute atomic E-state index is 12.2. The lowest BCUT2D eigenvalue weighted by molar-refractivity contribution is -0.121. The zero-order chi connectivity index (χ0) is 13.7. The minimum absolute atomic E-state index is 0.0921. The molecule has 0 bridgehead atoms. The number of ether oxygens (including phenoxy) is 1. The molecule has 1 N–H and O–H groups in total. The topological polar surface area (TPSA) is 41.6 Å². The summed E-state index contributed by atoms with van der Waals surface area (Å²) in [7, 11) is 2.06. The predicted octanol–water partition coefficient (Wildman–Crippen LogP) is 2.37. The van der Waals surface area contributed by atoms with E-state index in [0.29, 0.717) is 6.61 Å². The largest absolute Gasteiger partial charge is 0.494 e. The SMILES string of the molecule is CCOc1cccc(NC(=O)C2CCCN(C)C2)c1. The van der Waals surface area contributed by atoms with Crippen LogP contribution in [0.2, 0.25) is 0 Å². The lowest BCUT2D eigenvalue weighted by Gasteiger charge is -2.28. The smallest absolute Gasteiger partial charge is 0.228 e. The van der Waals surface area contributed by atoms with E-state index in [1.54, 1.807) is 0 Å². The van der Waals surface area contributed by atoms with Crippen LogP contribution < -0.4 is 10.1 Å². The summed E-state index contributed by atoms with van der Waals surface area (Å²) in [5.74, 6) is 0.996. The molecule has 1 aromatic rings. The van der Waals surface area contributed by atoms with Gasteiger partial charge in [0.1, 0.15) is 5.75 Å². The molecule has 2 rings (SSSR count). The van der Waals surface area contributed by atoms with E-state index in [0.717, 1.165) is 37.4 Å². The van der Waals surface area contributed by atoms with E-state index >= 15 is 0 Å². The van der Waals surface area contributed by atoms with Crippen molar-refractivity contribution in [3.63, 3.8) is 0 Å². The Bertz CT molecular complexity index is 434. The number of anilines is 1. The second-order valence-electron chi connectivity index (χ2n) is 5.05. The molecule has 1 heterocycles. The molecule has 0 aliphatic carbocycles. The average molecular weight is 262 g/mol. The van der Waals surface area contributed by atoms with Gasteiger partial charge < -0.3 is 15.0 Å². The zero-order valence-corrected chi connectivity index (χ0v) is 11.7. The number of nitrogens with one attached hydrogen (secondary N) is 1. The summed E-state index contributed by atoms with van der Waals surface area (Å²) in [5, 5.41) is 2.99. The van der Waals surface area contributed by atoms with Gasteiger partial charge in [0.05, 0.1) is 12.5 Å². The highest BCUT2D eigenvalue weighted by molar-refractivity contribution is 5.92. The summed E-state index contributed by atoms with van der Waals surface area (Å²) in [6.07, 6.45) is 2.06. The van der Waals surface area contributed by atoms with Gasteiger partial charge in [0.25, 0.3) is 0 Å². The quantitative estimate of drug-likeness (QED) is 0.905. The number of carbonyl (C=O) groups excluding carboxylic acids is 1. The molecule has 0 radical (unpaired) electrons. The van der Waals surface area contributed by atoms with Crippen LogP contribution in [-0.4, -0.2) is 37.6 Å². The molecule has 0 saturated carbocycles. The van der Waals surface area contributed by atoms with Crippen molar-refractivity contribution in [3.05, 3.63) is 24.3 Å². The molecular weight excluding hydrogens is 240 g/mol. The van der Waals surface area contributed by atoms with Crippen LogP contribution in [0.1, 0.15) is 19.8 Å². The fourth-order valence-electron chi connectivity index (χ4n) is 2.46. The van der Waals surface area contributed by atoms with Crippen molar-refractivity contribution in [3.8, 4) is 5.75 Å². The first-order chi connectivity index (χ1) is 9.19. The number of hydrogen-bond donors (Lipinski definition) is 1. The number of rotatable bonds is 4. The number of likely N-dealkylation sites (tertiary alicyclic amines) is 1. The van der Waals surface area contributed by atoms with Gasteiger partial charge >= 0.3 is 0 Å². The molecule has 1 atom stereocenters. The zero-order valence-electron chi connectivity index (χ0n) is 11.7. The minimum Gasteiger partial charge on any atom is -0.494 e. The normalized spacial score (nSPS) is 20.0. The van der Waals surface area contributed by atoms with E-state index in [-0.39, 0.29) is 11.8 Å². The first kappa shape index (κ1) is 13.9. The van der Waals surface area contributed by atoms with Crippen molar-refractivity contribution >= 4 is 11.6 Å². The molecule has 1 aromatic carbocycles. The van der Waals surface area contributed by atoms with Gasteiger partial charge in [-0.3, -0.25) is 4.79 Å². The fraction of sp³-hybridized carbons (Fsp3) is 0.533. The van der Waals surface area contributed by atoms with Crippen molar-refractivity contribution < 1.29 is 9.53 Å². The summed E-state index contributed by atoms with van der Waals surface area (Å²) in [6.45, 7) is 4.51. The molecule has 19 heavy (non-hydrogen) atoms. The standard InChI is InChI=1S/C15H22N2O2/c1-3-19-14-8-4-7-13(10-14)16-15(18)12-6-5-9-17(2)11-12/h4,7-8,10,12H,3,5-6,9,11H2,1-2H3,(H,16,18). The molecule has 1 aliphatic rings. The highest BCUT2D eigenvalue weighted by Gasteiger charge is 2.23. The Morgan fingerprint density at radius 3 is 3.11 bits per heavy atom. The van der Waals surface area contributed by atoms with Gasteiger partial charge in [-0.2, -0.15) is 0 Å². The molecule has 1 unspecified atom stereocenters. The van der Waals surface area contributed by atoms with Crippen LogP contribution in [0.3, 0.4) is 0 Å². The number of benzene rings is 1. The molecular formula is C15H22N2O2. The van der Waals surface area contributed by atoms with Crippen molar-refractivity contribution in [2.24, 2.45) is 5.92 Å². The van der Waals surface area contributed by atoms with Crippen LogP contribution in [0.4, 0.5) is 5.69 Å². The Kier molecular flexibility index (Phi) is 4.80. The number of piperidine rings is 1. The third-order valence-electron chi connectivity index (χ3n) is 3.41. The second kappa shape index (κ2) is 6.57. The third kappa shape index (κ3) is 3.96. The number of carbonyl (C=O) groups is 1. The maximum Gasteiger partial charge on any atom is 0.228 e. The summed E-state index contributed by atoms with van der Waals surface area (Å²) >= 11 is 0. The van der Waals surface area contributed by atoms with E-state index in [1.807, 2.05) is 31.2 Å². The molecule has 1 amide bonds. The lowest BCUT2D eigenvalue weighted by Crippen LogP contribution is -2.38. The molecule has 1 fully saturated rings. The Labute approximate surface area is 114 Å². The first-order valence-corrected chi connectivity index (χ1v) is 6.91. The highest BCUT2D eigenvalue weighted by atomic mass is 16.5. The van der Waals surface area contributed by atoms with Crippen molar-refractivity contribution in [2.45, 2.75) is 19.8 Å². The Balaban J connectivity index is 1.96. The molecule has 104 valence electrons. The third-order valence-corrected chi connectivity index (χ3v) is 3.41. The highest BCUT2D eigenvalue weighted by Crippen LogP contribution is 2.20. The van der Waals surface area contributed by atoms with Gasteiger partial charge in [0.2, 0.25) is 5.91 Å². The number of nitrogens with zero attached hydrogens (tertiary/aromatic N) is 1. The van der Waals surface area contributed by atoms with Gasteiger partial charge in [-0.1, -0.05) is 6.07 Å². The van der Waals surface area contributed by atoms with Crippen LogP contribution in [0.25, 0.3) is 0 Å². The van der Waals surface area contributed by atoms with Gasteiger partial charge in [-0.05, 0) is 45.5 Å². The first-order valence-electron chi connectivity index (χ1n) is 6.91.